The first-order valence-corrected chi connectivity index (χ1v) is 7.46. The van der Waals surface area contributed by atoms with Crippen LogP contribution in [0.15, 0.2) is 11.6 Å². The highest BCUT2D eigenvalue weighted by Gasteiger charge is 2.38. The zero-order chi connectivity index (χ0) is 15.1. The lowest BCUT2D eigenvalue weighted by molar-refractivity contribution is -0.148. The molecule has 2 N–H and O–H groups in total. The van der Waals surface area contributed by atoms with Gasteiger partial charge in [0.25, 0.3) is 0 Å². The monoisotopic (exact) mass is 309 g/mol. The maximum Gasteiger partial charge on any atom is 0.326 e. The fourth-order valence-corrected chi connectivity index (χ4v) is 3.57. The van der Waals surface area contributed by atoms with Gasteiger partial charge >= 0.3 is 5.97 Å². The second kappa shape index (κ2) is 5.12. The van der Waals surface area contributed by atoms with Crippen LogP contribution in [-0.2, 0) is 16.0 Å². The summed E-state index contributed by atoms with van der Waals surface area (Å²) in [6, 6.07) is -0.939. The number of hydrogen-bond acceptors (Lipinski definition) is 5. The largest absolute Gasteiger partial charge is 0.480 e. The molecule has 0 bridgehead atoms. The van der Waals surface area contributed by atoms with E-state index in [2.05, 4.69) is 4.98 Å². The third kappa shape index (κ3) is 2.52. The van der Waals surface area contributed by atoms with Gasteiger partial charge in [-0.3, -0.25) is 9.20 Å². The van der Waals surface area contributed by atoms with Gasteiger partial charge in [-0.15, -0.1) is 11.3 Å². The molecule has 1 aliphatic rings. The molecule has 1 aliphatic heterocycles. The number of aliphatic hydroxyl groups is 1. The number of carbonyl (C=O) groups is 2. The standard InChI is InChI=1S/C13H15N3O4S/c1-7-4-15-8(6-21-13(15)14-7)2-11(18)16-5-9(17)3-10(16)12(19)20/h4,6,9-10,17H,2-3,5H2,1H3,(H,19,20)/t9-,10-/m1/s1. The smallest absolute Gasteiger partial charge is 0.326 e. The molecule has 2 aromatic rings. The number of thiazole rings is 1. The summed E-state index contributed by atoms with van der Waals surface area (Å²) in [5.41, 5.74) is 1.65. The molecule has 0 aromatic carbocycles. The van der Waals surface area contributed by atoms with E-state index >= 15 is 0 Å². The van der Waals surface area contributed by atoms with Crippen LogP contribution in [0, 0.1) is 6.92 Å². The molecule has 1 saturated heterocycles. The number of aromatic nitrogens is 2. The Morgan fingerprint density at radius 1 is 1.52 bits per heavy atom. The highest BCUT2D eigenvalue weighted by molar-refractivity contribution is 7.15. The number of carboxylic acid groups (broad SMARTS) is 1. The third-order valence-corrected chi connectivity index (χ3v) is 4.51. The first-order chi connectivity index (χ1) is 9.95. The maximum atomic E-state index is 12.3. The number of aryl methyl sites for hydroxylation is 1. The molecule has 8 heteroatoms. The van der Waals surface area contributed by atoms with Crippen LogP contribution in [0.1, 0.15) is 17.8 Å². The molecule has 3 heterocycles. The van der Waals surface area contributed by atoms with Crippen molar-refractivity contribution in [2.24, 2.45) is 0 Å². The predicted molar refractivity (Wildman–Crippen MR) is 75.3 cm³/mol. The fraction of sp³-hybridized carbons (Fsp3) is 0.462. The Labute approximate surface area is 124 Å². The van der Waals surface area contributed by atoms with Gasteiger partial charge in [-0.2, -0.15) is 0 Å². The summed E-state index contributed by atoms with van der Waals surface area (Å²) in [4.78, 5) is 29.9. The molecule has 1 amide bonds. The van der Waals surface area contributed by atoms with Crippen molar-refractivity contribution in [3.63, 3.8) is 0 Å². The number of rotatable bonds is 3. The van der Waals surface area contributed by atoms with Crippen molar-refractivity contribution in [1.82, 2.24) is 14.3 Å². The van der Waals surface area contributed by atoms with E-state index in [0.717, 1.165) is 16.3 Å². The van der Waals surface area contributed by atoms with Gasteiger partial charge in [-0.05, 0) is 6.92 Å². The second-order valence-electron chi connectivity index (χ2n) is 5.23. The Morgan fingerprint density at radius 3 is 3.00 bits per heavy atom. The quantitative estimate of drug-likeness (QED) is 0.850. The van der Waals surface area contributed by atoms with Crippen LogP contribution in [0.4, 0.5) is 0 Å². The zero-order valence-electron chi connectivity index (χ0n) is 11.4. The molecule has 7 nitrogen and oxygen atoms in total. The molecule has 112 valence electrons. The summed E-state index contributed by atoms with van der Waals surface area (Å²) >= 11 is 1.44. The van der Waals surface area contributed by atoms with Gasteiger partial charge < -0.3 is 15.1 Å². The second-order valence-corrected chi connectivity index (χ2v) is 6.06. The number of nitrogens with zero attached hydrogens (tertiary/aromatic N) is 3. The Morgan fingerprint density at radius 2 is 2.29 bits per heavy atom. The minimum atomic E-state index is -1.08. The van der Waals surface area contributed by atoms with Gasteiger partial charge in [-0.1, -0.05) is 0 Å². The number of aliphatic hydroxyl groups excluding tert-OH is 1. The molecule has 0 aliphatic carbocycles. The van der Waals surface area contributed by atoms with Gasteiger partial charge in [0.1, 0.15) is 6.04 Å². The number of imidazole rings is 1. The number of carboxylic acids is 1. The number of β-amino-alcohol motifs (C(OH)–C–C–N with tert-alkyl or cyclic N) is 1. The van der Waals surface area contributed by atoms with Crippen LogP contribution in [0.3, 0.4) is 0 Å². The molecule has 0 unspecified atom stereocenters. The lowest BCUT2D eigenvalue weighted by atomic mass is 10.2. The number of amides is 1. The number of carbonyl (C=O) groups excluding carboxylic acids is 1. The van der Waals surface area contributed by atoms with Gasteiger partial charge in [-0.25, -0.2) is 9.78 Å². The average molecular weight is 309 g/mol. The summed E-state index contributed by atoms with van der Waals surface area (Å²) < 4.78 is 1.85. The predicted octanol–water partition coefficient (Wildman–Crippen LogP) is 0.293. The minimum absolute atomic E-state index is 0.0754. The van der Waals surface area contributed by atoms with Crippen LogP contribution in [-0.4, -0.2) is 55.1 Å². The summed E-state index contributed by atoms with van der Waals surface area (Å²) in [5.74, 6) is -1.36. The molecule has 0 radical (unpaired) electrons. The van der Waals surface area contributed by atoms with Crippen molar-refractivity contribution in [3.8, 4) is 0 Å². The first-order valence-electron chi connectivity index (χ1n) is 6.58. The van der Waals surface area contributed by atoms with E-state index in [-0.39, 0.29) is 25.3 Å². The van der Waals surface area contributed by atoms with E-state index in [1.165, 1.54) is 16.2 Å². The average Bonchev–Trinajstić information content (AvgIpc) is 3.05. The van der Waals surface area contributed by atoms with Gasteiger partial charge in [0.15, 0.2) is 4.96 Å². The molecule has 2 atom stereocenters. The van der Waals surface area contributed by atoms with Gasteiger partial charge in [0, 0.05) is 30.2 Å². The maximum absolute atomic E-state index is 12.3. The molecular formula is C13H15N3O4S. The highest BCUT2D eigenvalue weighted by atomic mass is 32.1. The van der Waals surface area contributed by atoms with Crippen LogP contribution >= 0.6 is 11.3 Å². The van der Waals surface area contributed by atoms with E-state index in [1.807, 2.05) is 22.9 Å². The van der Waals surface area contributed by atoms with Crippen LogP contribution < -0.4 is 0 Å². The topological polar surface area (TPSA) is 95.1 Å². The zero-order valence-corrected chi connectivity index (χ0v) is 12.2. The number of likely N-dealkylation sites (tertiary alicyclic amines) is 1. The van der Waals surface area contributed by atoms with E-state index < -0.39 is 18.1 Å². The van der Waals surface area contributed by atoms with Crippen molar-refractivity contribution in [1.29, 1.82) is 0 Å². The summed E-state index contributed by atoms with van der Waals surface area (Å²) in [6.07, 6.45) is 1.27. The van der Waals surface area contributed by atoms with Crippen LogP contribution in [0.2, 0.25) is 0 Å². The molecule has 0 spiro atoms. The highest BCUT2D eigenvalue weighted by Crippen LogP contribution is 2.22. The Balaban J connectivity index is 1.81. The number of hydrogen-bond donors (Lipinski definition) is 2. The molecule has 0 saturated carbocycles. The molecule has 21 heavy (non-hydrogen) atoms. The van der Waals surface area contributed by atoms with Crippen molar-refractivity contribution < 1.29 is 19.8 Å². The lowest BCUT2D eigenvalue weighted by Crippen LogP contribution is -2.41. The fourth-order valence-electron chi connectivity index (χ4n) is 2.65. The Hall–Kier alpha value is -1.93. The van der Waals surface area contributed by atoms with Crippen LogP contribution in [0.5, 0.6) is 0 Å². The molecule has 2 aromatic heterocycles. The Bertz CT molecular complexity index is 707. The molecular weight excluding hydrogens is 294 g/mol. The van der Waals surface area contributed by atoms with Gasteiger partial charge in [0.05, 0.1) is 18.2 Å². The minimum Gasteiger partial charge on any atom is -0.480 e. The summed E-state index contributed by atoms with van der Waals surface area (Å²) in [7, 11) is 0. The summed E-state index contributed by atoms with van der Waals surface area (Å²) in [5, 5.41) is 20.6. The lowest BCUT2D eigenvalue weighted by Gasteiger charge is -2.20. The third-order valence-electron chi connectivity index (χ3n) is 3.62. The number of aliphatic carboxylic acids is 1. The van der Waals surface area contributed by atoms with Crippen molar-refractivity contribution >= 4 is 28.2 Å². The van der Waals surface area contributed by atoms with Crippen molar-refractivity contribution in [2.75, 3.05) is 6.54 Å². The van der Waals surface area contributed by atoms with Crippen molar-refractivity contribution in [2.45, 2.75) is 31.9 Å². The molecule has 1 fully saturated rings. The van der Waals surface area contributed by atoms with E-state index in [0.29, 0.717) is 0 Å². The number of fused-ring (bicyclic) bond motifs is 1. The molecule has 3 rings (SSSR count). The van der Waals surface area contributed by atoms with Gasteiger partial charge in [0.2, 0.25) is 5.91 Å². The van der Waals surface area contributed by atoms with E-state index in [1.54, 1.807) is 0 Å². The normalized spacial score (nSPS) is 22.1. The van der Waals surface area contributed by atoms with Crippen molar-refractivity contribution in [3.05, 3.63) is 23.0 Å². The van der Waals surface area contributed by atoms with E-state index in [9.17, 15) is 14.7 Å². The summed E-state index contributed by atoms with van der Waals surface area (Å²) in [6.45, 7) is 1.95. The van der Waals surface area contributed by atoms with Crippen LogP contribution in [0.25, 0.3) is 4.96 Å². The SMILES string of the molecule is Cc1cn2c(CC(=O)N3C[C@H](O)C[C@@H]3C(=O)O)csc2n1. The first kappa shape index (κ1) is 14.0. The Kier molecular flexibility index (Phi) is 3.42. The van der Waals surface area contributed by atoms with E-state index in [4.69, 9.17) is 5.11 Å².